The van der Waals surface area contributed by atoms with E-state index in [1.807, 2.05) is 18.2 Å². The lowest BCUT2D eigenvalue weighted by Gasteiger charge is -2.02. The summed E-state index contributed by atoms with van der Waals surface area (Å²) in [5.41, 5.74) is 8.86. The first kappa shape index (κ1) is 12.0. The molecule has 0 fully saturated rings. The largest absolute Gasteiger partial charge is 0.493 e. The number of nitrogens with zero attached hydrogens (tertiary/aromatic N) is 3. The van der Waals surface area contributed by atoms with Gasteiger partial charge in [-0.3, -0.25) is 9.56 Å². The van der Waals surface area contributed by atoms with Gasteiger partial charge in [-0.15, -0.1) is 0 Å². The molecule has 6 heteroatoms. The van der Waals surface area contributed by atoms with Crippen LogP contribution in [0.25, 0.3) is 11.6 Å². The van der Waals surface area contributed by atoms with Crippen molar-refractivity contribution in [3.8, 4) is 5.88 Å². The molecule has 2 aromatic rings. The van der Waals surface area contributed by atoms with Gasteiger partial charge in [0.15, 0.2) is 0 Å². The quantitative estimate of drug-likeness (QED) is 0.848. The minimum atomic E-state index is 0.0407. The van der Waals surface area contributed by atoms with E-state index < -0.39 is 0 Å². The zero-order valence-corrected chi connectivity index (χ0v) is 11.7. The highest BCUT2D eigenvalue weighted by Crippen LogP contribution is 2.38. The van der Waals surface area contributed by atoms with Crippen molar-refractivity contribution in [3.63, 3.8) is 0 Å². The molecule has 0 atom stereocenters. The Labute approximate surface area is 118 Å². The molecule has 0 bridgehead atoms. The molecule has 0 spiro atoms. The van der Waals surface area contributed by atoms with Crippen molar-refractivity contribution in [1.29, 1.82) is 0 Å². The number of aliphatic imine (C=N–C) groups is 1. The van der Waals surface area contributed by atoms with E-state index in [1.165, 1.54) is 4.57 Å². The molecule has 3 N–H and O–H groups in total. The summed E-state index contributed by atoms with van der Waals surface area (Å²) in [4.78, 5) is 8.44. The van der Waals surface area contributed by atoms with Crippen molar-refractivity contribution in [2.24, 2.45) is 12.0 Å². The molecule has 2 heterocycles. The average molecular weight is 319 g/mol. The molecular formula is C13H11BrN4O. The number of nitrogens with two attached hydrogens (primary N) is 1. The Balaban J connectivity index is 2.13. The van der Waals surface area contributed by atoms with Crippen LogP contribution < -0.4 is 5.73 Å². The standard InChI is InChI=1S/C13H11BrN4O/c1-18-12(19)10(17-13(18)15)5-7-6-16-9-4-2-3-8(14)11(7)9/h2-6,19H,1H3,(H2,15,17)/b7-5+. The number of fused-ring (bicyclic) bond motifs is 1. The number of rotatable bonds is 1. The van der Waals surface area contributed by atoms with E-state index in [9.17, 15) is 5.11 Å². The van der Waals surface area contributed by atoms with E-state index in [4.69, 9.17) is 5.73 Å². The predicted molar refractivity (Wildman–Crippen MR) is 79.5 cm³/mol. The van der Waals surface area contributed by atoms with Gasteiger partial charge in [-0.2, -0.15) is 0 Å². The molecule has 0 saturated carbocycles. The second-order valence-corrected chi connectivity index (χ2v) is 5.08. The molecular weight excluding hydrogens is 308 g/mol. The maximum absolute atomic E-state index is 9.92. The van der Waals surface area contributed by atoms with Gasteiger partial charge in [-0.25, -0.2) is 4.98 Å². The maximum Gasteiger partial charge on any atom is 0.220 e. The van der Waals surface area contributed by atoms with Crippen molar-refractivity contribution in [3.05, 3.63) is 33.9 Å². The van der Waals surface area contributed by atoms with Crippen LogP contribution in [0.15, 0.2) is 27.7 Å². The van der Waals surface area contributed by atoms with Crippen LogP contribution in [-0.2, 0) is 7.05 Å². The first-order valence-corrected chi connectivity index (χ1v) is 6.43. The molecule has 19 heavy (non-hydrogen) atoms. The molecule has 1 aliphatic heterocycles. The molecule has 0 unspecified atom stereocenters. The number of allylic oxidation sites excluding steroid dienone is 1. The first-order chi connectivity index (χ1) is 9.08. The van der Waals surface area contributed by atoms with Crippen molar-refractivity contribution >= 4 is 45.4 Å². The zero-order chi connectivity index (χ0) is 13.6. The number of hydrogen-bond acceptors (Lipinski definition) is 4. The van der Waals surface area contributed by atoms with E-state index in [0.717, 1.165) is 21.3 Å². The normalized spacial score (nSPS) is 15.2. The first-order valence-electron chi connectivity index (χ1n) is 5.63. The van der Waals surface area contributed by atoms with Crippen LogP contribution in [0.5, 0.6) is 5.88 Å². The van der Waals surface area contributed by atoms with Gasteiger partial charge in [-0.05, 0) is 18.2 Å². The van der Waals surface area contributed by atoms with Gasteiger partial charge in [0.1, 0.15) is 5.69 Å². The van der Waals surface area contributed by atoms with E-state index in [0.29, 0.717) is 5.69 Å². The van der Waals surface area contributed by atoms with Crippen molar-refractivity contribution < 1.29 is 5.11 Å². The zero-order valence-electron chi connectivity index (χ0n) is 10.1. The minimum Gasteiger partial charge on any atom is -0.493 e. The SMILES string of the molecule is Cn1c(N)nc(/C=C2\C=Nc3cccc(Br)c32)c1O. The van der Waals surface area contributed by atoms with Crippen LogP contribution in [0.2, 0.25) is 0 Å². The third-order valence-corrected chi connectivity index (χ3v) is 3.70. The molecule has 1 aromatic carbocycles. The van der Waals surface area contributed by atoms with Crippen LogP contribution in [0.3, 0.4) is 0 Å². The molecule has 0 radical (unpaired) electrons. The fourth-order valence-corrected chi connectivity index (χ4v) is 2.58. The van der Waals surface area contributed by atoms with Crippen molar-refractivity contribution in [2.75, 3.05) is 5.73 Å². The van der Waals surface area contributed by atoms with E-state index in [-0.39, 0.29) is 11.8 Å². The third-order valence-electron chi connectivity index (χ3n) is 3.04. The van der Waals surface area contributed by atoms with E-state index in [2.05, 4.69) is 25.9 Å². The molecule has 0 amide bonds. The Kier molecular flexibility index (Phi) is 2.67. The highest BCUT2D eigenvalue weighted by atomic mass is 79.9. The van der Waals surface area contributed by atoms with Crippen LogP contribution >= 0.6 is 15.9 Å². The molecule has 0 aliphatic carbocycles. The Morgan fingerprint density at radius 3 is 2.89 bits per heavy atom. The summed E-state index contributed by atoms with van der Waals surface area (Å²) < 4.78 is 2.39. The third kappa shape index (κ3) is 1.84. The predicted octanol–water partition coefficient (Wildman–Crippen LogP) is 2.73. The Bertz CT molecular complexity index is 730. The van der Waals surface area contributed by atoms with Crippen LogP contribution in [0, 0.1) is 0 Å². The molecule has 96 valence electrons. The fraction of sp³-hybridized carbons (Fsp3) is 0.0769. The summed E-state index contributed by atoms with van der Waals surface area (Å²) in [6, 6.07) is 5.82. The van der Waals surface area contributed by atoms with Gasteiger partial charge < -0.3 is 10.8 Å². The Morgan fingerprint density at radius 1 is 1.42 bits per heavy atom. The summed E-state index contributed by atoms with van der Waals surface area (Å²) in [7, 11) is 1.66. The number of hydrogen-bond donors (Lipinski definition) is 2. The molecule has 5 nitrogen and oxygen atoms in total. The second kappa shape index (κ2) is 4.24. The van der Waals surface area contributed by atoms with Gasteiger partial charge in [0.25, 0.3) is 0 Å². The van der Waals surface area contributed by atoms with Crippen LogP contribution in [0.1, 0.15) is 11.3 Å². The van der Waals surface area contributed by atoms with Crippen LogP contribution in [-0.4, -0.2) is 20.9 Å². The minimum absolute atomic E-state index is 0.0407. The molecule has 1 aromatic heterocycles. The van der Waals surface area contributed by atoms with Gasteiger partial charge in [0, 0.05) is 28.9 Å². The summed E-state index contributed by atoms with van der Waals surface area (Å²) in [6.07, 6.45) is 3.52. The fourth-order valence-electron chi connectivity index (χ4n) is 1.99. The maximum atomic E-state index is 9.92. The Hall–Kier alpha value is -2.08. The number of anilines is 1. The number of imidazole rings is 1. The molecule has 1 aliphatic rings. The summed E-state index contributed by atoms with van der Waals surface area (Å²) >= 11 is 3.51. The number of benzene rings is 1. The van der Waals surface area contributed by atoms with Crippen LogP contribution in [0.4, 0.5) is 11.6 Å². The molecule has 0 saturated heterocycles. The second-order valence-electron chi connectivity index (χ2n) is 4.23. The van der Waals surface area contributed by atoms with E-state index in [1.54, 1.807) is 19.3 Å². The number of aromatic nitrogens is 2. The lowest BCUT2D eigenvalue weighted by molar-refractivity contribution is 0.432. The average Bonchev–Trinajstić information content (AvgIpc) is 2.89. The van der Waals surface area contributed by atoms with E-state index >= 15 is 0 Å². The van der Waals surface area contributed by atoms with Gasteiger partial charge in [-0.1, -0.05) is 22.0 Å². The number of aromatic hydroxyl groups is 1. The van der Waals surface area contributed by atoms with Gasteiger partial charge >= 0.3 is 0 Å². The van der Waals surface area contributed by atoms with Gasteiger partial charge in [0.2, 0.25) is 11.8 Å². The lowest BCUT2D eigenvalue weighted by atomic mass is 10.1. The smallest absolute Gasteiger partial charge is 0.220 e. The molecule has 3 rings (SSSR count). The number of nitrogen functional groups attached to an aromatic ring is 1. The topological polar surface area (TPSA) is 76.4 Å². The Morgan fingerprint density at radius 2 is 2.21 bits per heavy atom. The monoisotopic (exact) mass is 318 g/mol. The summed E-state index contributed by atoms with van der Waals surface area (Å²) in [6.45, 7) is 0. The lowest BCUT2D eigenvalue weighted by Crippen LogP contribution is -1.95. The highest BCUT2D eigenvalue weighted by molar-refractivity contribution is 9.10. The number of halogens is 1. The van der Waals surface area contributed by atoms with Crippen molar-refractivity contribution in [1.82, 2.24) is 9.55 Å². The summed E-state index contributed by atoms with van der Waals surface area (Å²) in [5, 5.41) is 9.92. The van der Waals surface area contributed by atoms with Gasteiger partial charge in [0.05, 0.1) is 5.69 Å². The van der Waals surface area contributed by atoms with Crippen molar-refractivity contribution in [2.45, 2.75) is 0 Å². The highest BCUT2D eigenvalue weighted by Gasteiger charge is 2.17. The summed E-state index contributed by atoms with van der Waals surface area (Å²) in [5.74, 6) is 0.311.